The average molecular weight is 332 g/mol. The van der Waals surface area contributed by atoms with Crippen molar-refractivity contribution < 1.29 is 9.53 Å². The van der Waals surface area contributed by atoms with Crippen LogP contribution in [0, 0.1) is 0 Å². The Morgan fingerprint density at radius 2 is 2.25 bits per heavy atom. The highest BCUT2D eigenvalue weighted by atomic mass is 16.5. The van der Waals surface area contributed by atoms with E-state index in [0.717, 1.165) is 25.1 Å². The molecule has 0 bridgehead atoms. The van der Waals surface area contributed by atoms with E-state index in [0.29, 0.717) is 19.1 Å². The Morgan fingerprint density at radius 1 is 1.42 bits per heavy atom. The molecular formula is C18H28N4O2. The summed E-state index contributed by atoms with van der Waals surface area (Å²) in [5.41, 5.74) is 1.02. The van der Waals surface area contributed by atoms with E-state index in [2.05, 4.69) is 20.1 Å². The molecule has 1 aromatic heterocycles. The number of nitrogens with zero attached hydrogens (tertiary/aromatic N) is 3. The zero-order chi connectivity index (χ0) is 16.8. The number of hydrogen-bond donors (Lipinski definition) is 1. The zero-order valence-corrected chi connectivity index (χ0v) is 14.5. The molecule has 3 heterocycles. The van der Waals surface area contributed by atoms with Gasteiger partial charge in [0.2, 0.25) is 5.91 Å². The van der Waals surface area contributed by atoms with Gasteiger partial charge in [0, 0.05) is 45.2 Å². The number of hydrogen-bond acceptors (Lipinski definition) is 5. The van der Waals surface area contributed by atoms with Crippen LogP contribution in [0.4, 0.5) is 0 Å². The summed E-state index contributed by atoms with van der Waals surface area (Å²) in [6.45, 7) is 5.25. The largest absolute Gasteiger partial charge is 0.380 e. The van der Waals surface area contributed by atoms with Gasteiger partial charge in [-0.15, -0.1) is 0 Å². The molecule has 2 aliphatic rings. The summed E-state index contributed by atoms with van der Waals surface area (Å²) < 4.78 is 5.55. The van der Waals surface area contributed by atoms with Gasteiger partial charge in [0.15, 0.2) is 0 Å². The van der Waals surface area contributed by atoms with Gasteiger partial charge in [0.25, 0.3) is 0 Å². The number of carbonyl (C=O) groups excluding carboxylic acids is 1. The lowest BCUT2D eigenvalue weighted by Gasteiger charge is -2.27. The number of aromatic nitrogens is 1. The molecular weight excluding hydrogens is 304 g/mol. The van der Waals surface area contributed by atoms with E-state index >= 15 is 0 Å². The maximum Gasteiger partial charge on any atom is 0.234 e. The van der Waals surface area contributed by atoms with Crippen molar-refractivity contribution in [3.05, 3.63) is 30.1 Å². The summed E-state index contributed by atoms with van der Waals surface area (Å²) in [7, 11) is 1.77. The maximum absolute atomic E-state index is 12.3. The molecule has 1 amide bonds. The summed E-state index contributed by atoms with van der Waals surface area (Å²) in [4.78, 5) is 21.2. The van der Waals surface area contributed by atoms with Crippen molar-refractivity contribution in [3.63, 3.8) is 0 Å². The fourth-order valence-electron chi connectivity index (χ4n) is 3.70. The van der Waals surface area contributed by atoms with E-state index in [1.807, 2.05) is 12.1 Å². The van der Waals surface area contributed by atoms with Crippen LogP contribution in [0.15, 0.2) is 24.5 Å². The van der Waals surface area contributed by atoms with Crippen LogP contribution in [0.5, 0.6) is 0 Å². The second-order valence-electron chi connectivity index (χ2n) is 6.82. The molecule has 0 saturated carbocycles. The van der Waals surface area contributed by atoms with Gasteiger partial charge in [0.05, 0.1) is 12.6 Å². The topological polar surface area (TPSA) is 57.7 Å². The minimum atomic E-state index is 0.0713. The second-order valence-corrected chi connectivity index (χ2v) is 6.82. The molecule has 2 aliphatic heterocycles. The fraction of sp³-hybridized carbons (Fsp3) is 0.667. The molecule has 2 saturated heterocycles. The molecule has 0 spiro atoms. The lowest BCUT2D eigenvalue weighted by Crippen LogP contribution is -2.44. The molecule has 0 aliphatic carbocycles. The van der Waals surface area contributed by atoms with Crippen LogP contribution < -0.4 is 5.32 Å². The fourth-order valence-corrected chi connectivity index (χ4v) is 3.70. The standard InChI is InChI=1S/C18H28N4O2/c1-24-17-9-16(12-21-7-2-3-8-21)22(13-17)14-18(23)20-11-15-5-4-6-19-10-15/h4-6,10,16-17H,2-3,7-9,11-14H2,1H3,(H,20,23)/t16-,17-/m0/s1. The van der Waals surface area contributed by atoms with Gasteiger partial charge in [0.1, 0.15) is 0 Å². The molecule has 0 radical (unpaired) electrons. The van der Waals surface area contributed by atoms with Gasteiger partial charge in [-0.25, -0.2) is 0 Å². The minimum Gasteiger partial charge on any atom is -0.380 e. The van der Waals surface area contributed by atoms with Crippen molar-refractivity contribution >= 4 is 5.91 Å². The molecule has 3 rings (SSSR count). The van der Waals surface area contributed by atoms with Crippen molar-refractivity contribution in [2.24, 2.45) is 0 Å². The van der Waals surface area contributed by atoms with Crippen molar-refractivity contribution in [2.75, 3.05) is 39.8 Å². The summed E-state index contributed by atoms with van der Waals surface area (Å²) in [6.07, 6.45) is 7.38. The molecule has 24 heavy (non-hydrogen) atoms. The van der Waals surface area contributed by atoms with Crippen LogP contribution >= 0.6 is 0 Å². The zero-order valence-electron chi connectivity index (χ0n) is 14.5. The van der Waals surface area contributed by atoms with E-state index in [1.165, 1.54) is 25.9 Å². The molecule has 6 heteroatoms. The Bertz CT molecular complexity index is 519. The molecule has 2 fully saturated rings. The van der Waals surface area contributed by atoms with E-state index in [4.69, 9.17) is 4.74 Å². The highest BCUT2D eigenvalue weighted by molar-refractivity contribution is 5.78. The highest BCUT2D eigenvalue weighted by Crippen LogP contribution is 2.22. The highest BCUT2D eigenvalue weighted by Gasteiger charge is 2.34. The average Bonchev–Trinajstić information content (AvgIpc) is 3.25. The first-order chi connectivity index (χ1) is 11.7. The normalized spacial score (nSPS) is 25.2. The van der Waals surface area contributed by atoms with Crippen LogP contribution in [0.1, 0.15) is 24.8 Å². The molecule has 0 aromatic carbocycles. The number of carbonyl (C=O) groups is 1. The molecule has 2 atom stereocenters. The van der Waals surface area contributed by atoms with Crippen LogP contribution in [-0.4, -0.2) is 72.7 Å². The summed E-state index contributed by atoms with van der Waals surface area (Å²) in [5.74, 6) is 0.0713. The number of nitrogens with one attached hydrogen (secondary N) is 1. The SMILES string of the molecule is CO[C@H]1C[C@@H](CN2CCCC2)N(CC(=O)NCc2cccnc2)C1. The number of rotatable bonds is 7. The second kappa shape index (κ2) is 8.55. The first-order valence-corrected chi connectivity index (χ1v) is 8.89. The quantitative estimate of drug-likeness (QED) is 0.803. The Balaban J connectivity index is 1.49. The third kappa shape index (κ3) is 4.75. The van der Waals surface area contributed by atoms with E-state index in [9.17, 15) is 4.79 Å². The molecule has 1 N–H and O–H groups in total. The van der Waals surface area contributed by atoms with Gasteiger partial charge < -0.3 is 15.0 Å². The Labute approximate surface area is 144 Å². The summed E-state index contributed by atoms with van der Waals surface area (Å²) in [5, 5.41) is 3.00. The first-order valence-electron chi connectivity index (χ1n) is 8.89. The molecule has 0 unspecified atom stereocenters. The molecule has 6 nitrogen and oxygen atoms in total. The summed E-state index contributed by atoms with van der Waals surface area (Å²) >= 11 is 0. The van der Waals surface area contributed by atoms with Gasteiger partial charge in [-0.2, -0.15) is 0 Å². The van der Waals surface area contributed by atoms with Gasteiger partial charge in [-0.3, -0.25) is 14.7 Å². The number of likely N-dealkylation sites (tertiary alicyclic amines) is 2. The Kier molecular flexibility index (Phi) is 6.18. The van der Waals surface area contributed by atoms with Crippen LogP contribution in [0.3, 0.4) is 0 Å². The van der Waals surface area contributed by atoms with Crippen molar-refractivity contribution in [3.8, 4) is 0 Å². The Hall–Kier alpha value is -1.50. The van der Waals surface area contributed by atoms with Gasteiger partial charge in [-0.05, 0) is 44.0 Å². The van der Waals surface area contributed by atoms with E-state index in [1.54, 1.807) is 19.5 Å². The minimum absolute atomic E-state index is 0.0713. The number of ether oxygens (including phenoxy) is 1. The maximum atomic E-state index is 12.3. The van der Waals surface area contributed by atoms with Crippen LogP contribution in [0.25, 0.3) is 0 Å². The van der Waals surface area contributed by atoms with Crippen LogP contribution in [-0.2, 0) is 16.1 Å². The number of pyridine rings is 1. The monoisotopic (exact) mass is 332 g/mol. The summed E-state index contributed by atoms with van der Waals surface area (Å²) in [6, 6.07) is 4.27. The lowest BCUT2D eigenvalue weighted by atomic mass is 10.2. The van der Waals surface area contributed by atoms with Crippen LogP contribution in [0.2, 0.25) is 0 Å². The van der Waals surface area contributed by atoms with Crippen molar-refractivity contribution in [1.29, 1.82) is 0 Å². The lowest BCUT2D eigenvalue weighted by molar-refractivity contribution is -0.122. The molecule has 1 aromatic rings. The van der Waals surface area contributed by atoms with Gasteiger partial charge in [-0.1, -0.05) is 6.07 Å². The van der Waals surface area contributed by atoms with E-state index < -0.39 is 0 Å². The Morgan fingerprint density at radius 3 is 2.96 bits per heavy atom. The predicted octanol–water partition coefficient (Wildman–Crippen LogP) is 0.883. The number of methoxy groups -OCH3 is 1. The molecule has 132 valence electrons. The third-order valence-electron chi connectivity index (χ3n) is 5.05. The number of amides is 1. The predicted molar refractivity (Wildman–Crippen MR) is 92.5 cm³/mol. The smallest absolute Gasteiger partial charge is 0.234 e. The van der Waals surface area contributed by atoms with E-state index in [-0.39, 0.29) is 12.0 Å². The van der Waals surface area contributed by atoms with Crippen molar-refractivity contribution in [1.82, 2.24) is 20.1 Å². The third-order valence-corrected chi connectivity index (χ3v) is 5.05. The van der Waals surface area contributed by atoms with Crippen molar-refractivity contribution in [2.45, 2.75) is 38.0 Å². The van der Waals surface area contributed by atoms with Gasteiger partial charge >= 0.3 is 0 Å². The first kappa shape index (κ1) is 17.3.